The zero-order valence-corrected chi connectivity index (χ0v) is 19.1. The number of hydrogen-bond acceptors (Lipinski definition) is 5. The number of carbonyl (C=O) groups excluding carboxylic acids is 1. The van der Waals surface area contributed by atoms with Gasteiger partial charge in [0.25, 0.3) is 5.91 Å². The van der Waals surface area contributed by atoms with E-state index in [4.69, 9.17) is 4.74 Å². The Labute approximate surface area is 191 Å². The van der Waals surface area contributed by atoms with Crippen LogP contribution in [0.4, 0.5) is 0 Å². The zero-order chi connectivity index (χ0) is 23.2. The van der Waals surface area contributed by atoms with Crippen molar-refractivity contribution in [3.63, 3.8) is 0 Å². The maximum atomic E-state index is 13.3. The number of sulfone groups is 1. The number of fused-ring (bicyclic) bond motifs is 2. The highest BCUT2D eigenvalue weighted by atomic mass is 32.2. The number of rotatable bonds is 3. The highest BCUT2D eigenvalue weighted by Crippen LogP contribution is 2.31. The van der Waals surface area contributed by atoms with Gasteiger partial charge in [0.05, 0.1) is 23.2 Å². The van der Waals surface area contributed by atoms with E-state index < -0.39 is 9.84 Å². The van der Waals surface area contributed by atoms with Gasteiger partial charge in [0.1, 0.15) is 12.4 Å². The minimum atomic E-state index is -3.33. The minimum Gasteiger partial charge on any atom is -0.491 e. The summed E-state index contributed by atoms with van der Waals surface area (Å²) in [5.74, 6) is 0.620. The molecule has 33 heavy (non-hydrogen) atoms. The second kappa shape index (κ2) is 8.04. The Hall–Kier alpha value is -3.65. The zero-order valence-electron chi connectivity index (χ0n) is 18.3. The first-order chi connectivity index (χ1) is 15.8. The molecule has 0 unspecified atom stereocenters. The highest BCUT2D eigenvalue weighted by Gasteiger charge is 2.23. The second-order valence-electron chi connectivity index (χ2n) is 8.32. The Morgan fingerprint density at radius 3 is 2.64 bits per heavy atom. The number of aromatic nitrogens is 2. The molecular weight excluding hydrogens is 438 g/mol. The number of hydrogen-bond donors (Lipinski definition) is 1. The smallest absolute Gasteiger partial charge is 0.254 e. The van der Waals surface area contributed by atoms with Crippen molar-refractivity contribution in [1.29, 1.82) is 0 Å². The lowest BCUT2D eigenvalue weighted by Gasteiger charge is -2.21. The minimum absolute atomic E-state index is 0.145. The number of nitrogens with one attached hydrogen (secondary N) is 1. The van der Waals surface area contributed by atoms with Crippen LogP contribution in [0.1, 0.15) is 21.5 Å². The summed E-state index contributed by atoms with van der Waals surface area (Å²) in [7, 11) is -3.33. The summed E-state index contributed by atoms with van der Waals surface area (Å²) in [5.41, 5.74) is 5.08. The van der Waals surface area contributed by atoms with Crippen LogP contribution in [0, 0.1) is 6.92 Å². The van der Waals surface area contributed by atoms with Gasteiger partial charge in [-0.25, -0.2) is 8.42 Å². The summed E-state index contributed by atoms with van der Waals surface area (Å²) >= 11 is 0. The molecule has 0 radical (unpaired) electrons. The first-order valence-electron chi connectivity index (χ1n) is 10.6. The average Bonchev–Trinajstić information content (AvgIpc) is 3.15. The molecule has 0 fully saturated rings. The Kier molecular flexibility index (Phi) is 5.17. The lowest BCUT2D eigenvalue weighted by Crippen LogP contribution is -2.33. The molecule has 2 heterocycles. The Morgan fingerprint density at radius 1 is 1.06 bits per heavy atom. The second-order valence-corrected chi connectivity index (χ2v) is 10.3. The van der Waals surface area contributed by atoms with E-state index in [2.05, 4.69) is 22.3 Å². The van der Waals surface area contributed by atoms with Crippen LogP contribution >= 0.6 is 0 Å². The summed E-state index contributed by atoms with van der Waals surface area (Å²) in [6, 6.07) is 16.8. The van der Waals surface area contributed by atoms with Gasteiger partial charge < -0.3 is 9.64 Å². The fourth-order valence-electron chi connectivity index (χ4n) is 4.14. The molecule has 1 N–H and O–H groups in total. The largest absolute Gasteiger partial charge is 0.491 e. The number of carbonyl (C=O) groups is 1. The van der Waals surface area contributed by atoms with E-state index in [1.54, 1.807) is 30.2 Å². The Bertz CT molecular complexity index is 1490. The van der Waals surface area contributed by atoms with Gasteiger partial charge in [-0.05, 0) is 60.0 Å². The average molecular weight is 462 g/mol. The summed E-state index contributed by atoms with van der Waals surface area (Å²) in [6.45, 7) is 2.99. The van der Waals surface area contributed by atoms with Crippen LogP contribution in [0.5, 0.6) is 5.75 Å². The fraction of sp³-hybridized carbons (Fsp3) is 0.200. The number of aryl methyl sites for hydroxylation is 1. The molecule has 5 rings (SSSR count). The van der Waals surface area contributed by atoms with Crippen LogP contribution in [0.3, 0.4) is 0 Å². The van der Waals surface area contributed by atoms with Crippen molar-refractivity contribution < 1.29 is 17.9 Å². The number of ether oxygens (including phenoxy) is 1. The van der Waals surface area contributed by atoms with Crippen LogP contribution in [0.15, 0.2) is 65.7 Å². The molecule has 0 aliphatic carbocycles. The van der Waals surface area contributed by atoms with Crippen LogP contribution in [0.2, 0.25) is 0 Å². The molecule has 1 aromatic heterocycles. The topological polar surface area (TPSA) is 92.4 Å². The molecule has 0 saturated heterocycles. The molecule has 1 amide bonds. The molecule has 7 nitrogen and oxygen atoms in total. The normalized spacial score (nSPS) is 13.9. The molecule has 1 aliphatic heterocycles. The van der Waals surface area contributed by atoms with Crippen molar-refractivity contribution in [2.24, 2.45) is 0 Å². The number of benzene rings is 3. The maximum absolute atomic E-state index is 13.3. The number of nitrogens with zero attached hydrogens (tertiary/aromatic N) is 2. The van der Waals surface area contributed by atoms with E-state index >= 15 is 0 Å². The van der Waals surface area contributed by atoms with Crippen molar-refractivity contribution in [2.75, 3.05) is 19.4 Å². The third-order valence-electron chi connectivity index (χ3n) is 5.96. The van der Waals surface area contributed by atoms with Crippen molar-refractivity contribution >= 4 is 26.6 Å². The SMILES string of the molecule is Cc1cc(S(C)(=O)=O)ccc1C(=O)N1CCOc2ccc(-c3ccc4cn[nH]c4c3)cc2C1. The first-order valence-corrected chi connectivity index (χ1v) is 12.5. The standard InChI is InChI=1S/C25H23N3O4S/c1-16-11-21(33(2,30)31)6-7-22(16)25(29)28-9-10-32-24-8-5-17(12-20(24)15-28)18-3-4-19-14-26-27-23(19)13-18/h3-8,11-14H,9-10,15H2,1-2H3,(H,26,27). The highest BCUT2D eigenvalue weighted by molar-refractivity contribution is 7.90. The van der Waals surface area contributed by atoms with Crippen LogP contribution in [-0.4, -0.2) is 48.8 Å². The number of aromatic amines is 1. The lowest BCUT2D eigenvalue weighted by molar-refractivity contribution is 0.0732. The summed E-state index contributed by atoms with van der Waals surface area (Å²) in [5, 5.41) is 8.12. The van der Waals surface area contributed by atoms with Crippen molar-refractivity contribution in [1.82, 2.24) is 15.1 Å². The molecule has 0 atom stereocenters. The van der Waals surface area contributed by atoms with E-state index in [9.17, 15) is 13.2 Å². The quantitative estimate of drug-likeness (QED) is 0.498. The third-order valence-corrected chi connectivity index (χ3v) is 7.07. The van der Waals surface area contributed by atoms with Gasteiger partial charge >= 0.3 is 0 Å². The van der Waals surface area contributed by atoms with E-state index in [-0.39, 0.29) is 10.8 Å². The van der Waals surface area contributed by atoms with Gasteiger partial charge in [0, 0.05) is 29.3 Å². The van der Waals surface area contributed by atoms with Gasteiger partial charge in [-0.2, -0.15) is 5.10 Å². The fourth-order valence-corrected chi connectivity index (χ4v) is 4.85. The number of H-pyrrole nitrogens is 1. The van der Waals surface area contributed by atoms with Gasteiger partial charge in [0.15, 0.2) is 9.84 Å². The van der Waals surface area contributed by atoms with E-state index in [0.717, 1.165) is 39.6 Å². The Morgan fingerprint density at radius 2 is 1.85 bits per heavy atom. The molecule has 1 aliphatic rings. The first kappa shape index (κ1) is 21.2. The molecule has 3 aromatic carbocycles. The molecule has 0 saturated carbocycles. The van der Waals surface area contributed by atoms with E-state index in [1.807, 2.05) is 24.3 Å². The van der Waals surface area contributed by atoms with Gasteiger partial charge in [-0.3, -0.25) is 9.89 Å². The van der Waals surface area contributed by atoms with Crippen molar-refractivity contribution in [3.8, 4) is 16.9 Å². The third kappa shape index (κ3) is 4.09. The van der Waals surface area contributed by atoms with Gasteiger partial charge in [0.2, 0.25) is 0 Å². The predicted molar refractivity (Wildman–Crippen MR) is 126 cm³/mol. The molecule has 8 heteroatoms. The van der Waals surface area contributed by atoms with E-state index in [0.29, 0.717) is 30.8 Å². The predicted octanol–water partition coefficient (Wildman–Crippen LogP) is 3.98. The van der Waals surface area contributed by atoms with Crippen molar-refractivity contribution in [3.05, 3.63) is 77.5 Å². The van der Waals surface area contributed by atoms with Gasteiger partial charge in [-0.15, -0.1) is 0 Å². The summed E-state index contributed by atoms with van der Waals surface area (Å²) in [4.78, 5) is 15.3. The Balaban J connectivity index is 1.45. The lowest BCUT2D eigenvalue weighted by atomic mass is 10.0. The van der Waals surface area contributed by atoms with Crippen molar-refractivity contribution in [2.45, 2.75) is 18.4 Å². The maximum Gasteiger partial charge on any atom is 0.254 e. The van der Waals surface area contributed by atoms with Gasteiger partial charge in [-0.1, -0.05) is 18.2 Å². The molecule has 4 aromatic rings. The molecule has 168 valence electrons. The molecular formula is C25H23N3O4S. The van der Waals surface area contributed by atoms with Crippen LogP contribution in [-0.2, 0) is 16.4 Å². The monoisotopic (exact) mass is 461 g/mol. The molecule has 0 bridgehead atoms. The van der Waals surface area contributed by atoms with E-state index in [1.165, 1.54) is 6.07 Å². The van der Waals surface area contributed by atoms with Crippen LogP contribution in [0.25, 0.3) is 22.0 Å². The van der Waals surface area contributed by atoms with Crippen LogP contribution < -0.4 is 4.74 Å². The molecule has 0 spiro atoms. The summed E-state index contributed by atoms with van der Waals surface area (Å²) in [6.07, 6.45) is 2.95. The summed E-state index contributed by atoms with van der Waals surface area (Å²) < 4.78 is 29.6. The number of amides is 1.